The predicted octanol–water partition coefficient (Wildman–Crippen LogP) is 1.01. The van der Waals surface area contributed by atoms with Gasteiger partial charge in [-0.15, -0.1) is 0 Å². The van der Waals surface area contributed by atoms with E-state index in [1.165, 1.54) is 6.07 Å². The van der Waals surface area contributed by atoms with Gasteiger partial charge in [0.25, 0.3) is 5.91 Å². The number of hydrogen-bond acceptors (Lipinski definition) is 2. The summed E-state index contributed by atoms with van der Waals surface area (Å²) in [7, 11) is 1.67. The minimum atomic E-state index is -0.331. The van der Waals surface area contributed by atoms with Gasteiger partial charge in [-0.05, 0) is 12.1 Å². The summed E-state index contributed by atoms with van der Waals surface area (Å²) in [6, 6.07) is 6.45. The summed E-state index contributed by atoms with van der Waals surface area (Å²) in [6.45, 7) is 0.785. The third-order valence-electron chi connectivity index (χ3n) is 2.67. The Balaban J connectivity index is 2.46. The number of amides is 1. The van der Waals surface area contributed by atoms with E-state index in [1.807, 2.05) is 0 Å². The zero-order chi connectivity index (χ0) is 12.4. The van der Waals surface area contributed by atoms with Crippen LogP contribution in [-0.2, 0) is 7.05 Å². The molecule has 0 saturated carbocycles. The first-order chi connectivity index (χ1) is 8.15. The minimum absolute atomic E-state index is 0.242. The van der Waals surface area contributed by atoms with Crippen molar-refractivity contribution in [2.24, 2.45) is 12.8 Å². The molecule has 1 aromatic heterocycles. The van der Waals surface area contributed by atoms with Crippen LogP contribution in [0.3, 0.4) is 0 Å². The Bertz CT molecular complexity index is 562. The largest absolute Gasteiger partial charge is 0.349 e. The molecule has 0 atom stereocenters. The van der Waals surface area contributed by atoms with Gasteiger partial charge >= 0.3 is 0 Å². The van der Waals surface area contributed by atoms with Gasteiger partial charge < -0.3 is 15.6 Å². The van der Waals surface area contributed by atoms with Crippen LogP contribution in [0.5, 0.6) is 0 Å². The third kappa shape index (κ3) is 2.01. The number of aryl methyl sites for hydroxylation is 1. The van der Waals surface area contributed by atoms with E-state index in [0.29, 0.717) is 29.7 Å². The number of benzene rings is 1. The zero-order valence-electron chi connectivity index (χ0n) is 9.53. The standard InChI is InChI=1S/C12H14FN3O/c1-16-10(12(17)15-6-5-14)7-8-3-2-4-9(13)11(8)16/h2-4,7H,5-6,14H2,1H3,(H,15,17). The molecule has 17 heavy (non-hydrogen) atoms. The minimum Gasteiger partial charge on any atom is -0.349 e. The molecule has 3 N–H and O–H groups in total. The van der Waals surface area contributed by atoms with Crippen molar-refractivity contribution in [3.8, 4) is 0 Å². The van der Waals surface area contributed by atoms with Gasteiger partial charge in [-0.1, -0.05) is 12.1 Å². The van der Waals surface area contributed by atoms with Crippen LogP contribution in [0.2, 0.25) is 0 Å². The molecule has 1 heterocycles. The van der Waals surface area contributed by atoms with Gasteiger partial charge in [0.2, 0.25) is 0 Å². The lowest BCUT2D eigenvalue weighted by Crippen LogP contribution is -2.30. The molecular weight excluding hydrogens is 221 g/mol. The molecule has 1 aromatic carbocycles. The molecule has 0 fully saturated rings. The lowest BCUT2D eigenvalue weighted by atomic mass is 10.2. The summed E-state index contributed by atoms with van der Waals surface area (Å²) in [4.78, 5) is 11.8. The highest BCUT2D eigenvalue weighted by molar-refractivity contribution is 5.98. The fourth-order valence-corrected chi connectivity index (χ4v) is 1.86. The normalized spacial score (nSPS) is 10.8. The van der Waals surface area contributed by atoms with E-state index in [4.69, 9.17) is 5.73 Å². The molecule has 0 bridgehead atoms. The highest BCUT2D eigenvalue weighted by Gasteiger charge is 2.14. The topological polar surface area (TPSA) is 60.0 Å². The Morgan fingerprint density at radius 2 is 2.29 bits per heavy atom. The average molecular weight is 235 g/mol. The highest BCUT2D eigenvalue weighted by atomic mass is 19.1. The summed E-state index contributed by atoms with van der Waals surface area (Å²) in [5, 5.41) is 3.38. The average Bonchev–Trinajstić information content (AvgIpc) is 2.65. The van der Waals surface area contributed by atoms with Gasteiger partial charge in [0.1, 0.15) is 11.5 Å². The number of rotatable bonds is 3. The van der Waals surface area contributed by atoms with Gasteiger partial charge in [0.15, 0.2) is 0 Å². The van der Waals surface area contributed by atoms with Crippen molar-refractivity contribution in [1.29, 1.82) is 0 Å². The van der Waals surface area contributed by atoms with Crippen LogP contribution in [0.15, 0.2) is 24.3 Å². The monoisotopic (exact) mass is 235 g/mol. The summed E-state index contributed by atoms with van der Waals surface area (Å²) in [5.74, 6) is -0.573. The number of carbonyl (C=O) groups excluding carboxylic acids is 1. The van der Waals surface area contributed by atoms with Crippen LogP contribution in [0.25, 0.3) is 10.9 Å². The smallest absolute Gasteiger partial charge is 0.267 e. The predicted molar refractivity (Wildman–Crippen MR) is 64.3 cm³/mol. The number of para-hydroxylation sites is 1. The number of nitrogens with one attached hydrogen (secondary N) is 1. The molecule has 0 aliphatic rings. The van der Waals surface area contributed by atoms with E-state index in [0.717, 1.165) is 0 Å². The maximum Gasteiger partial charge on any atom is 0.267 e. The van der Waals surface area contributed by atoms with Crippen molar-refractivity contribution in [3.63, 3.8) is 0 Å². The first-order valence-corrected chi connectivity index (χ1v) is 5.37. The molecule has 5 heteroatoms. The van der Waals surface area contributed by atoms with Crippen LogP contribution in [0, 0.1) is 5.82 Å². The van der Waals surface area contributed by atoms with E-state index in [-0.39, 0.29) is 11.7 Å². The van der Waals surface area contributed by atoms with Crippen LogP contribution in [-0.4, -0.2) is 23.6 Å². The number of fused-ring (bicyclic) bond motifs is 1. The molecule has 0 spiro atoms. The third-order valence-corrected chi connectivity index (χ3v) is 2.67. The van der Waals surface area contributed by atoms with Crippen LogP contribution in [0.1, 0.15) is 10.5 Å². The number of hydrogen-bond donors (Lipinski definition) is 2. The van der Waals surface area contributed by atoms with Crippen molar-refractivity contribution in [2.75, 3.05) is 13.1 Å². The Morgan fingerprint density at radius 3 is 2.94 bits per heavy atom. The van der Waals surface area contributed by atoms with Gasteiger partial charge in [-0.2, -0.15) is 0 Å². The molecule has 0 aliphatic carbocycles. The number of nitrogens with two attached hydrogens (primary N) is 1. The van der Waals surface area contributed by atoms with Crippen LogP contribution < -0.4 is 11.1 Å². The molecule has 2 rings (SSSR count). The first kappa shape index (κ1) is 11.6. The van der Waals surface area contributed by atoms with Gasteiger partial charge in [0.05, 0.1) is 5.52 Å². The van der Waals surface area contributed by atoms with E-state index in [2.05, 4.69) is 5.32 Å². The van der Waals surface area contributed by atoms with Gasteiger partial charge in [0, 0.05) is 25.5 Å². The van der Waals surface area contributed by atoms with Crippen LogP contribution in [0.4, 0.5) is 4.39 Å². The maximum absolute atomic E-state index is 13.6. The summed E-state index contributed by atoms with van der Waals surface area (Å²) >= 11 is 0. The maximum atomic E-state index is 13.6. The van der Waals surface area contributed by atoms with Crippen molar-refractivity contribution >= 4 is 16.8 Å². The molecule has 4 nitrogen and oxygen atoms in total. The molecule has 1 amide bonds. The Hall–Kier alpha value is -1.88. The molecule has 90 valence electrons. The molecule has 2 aromatic rings. The van der Waals surface area contributed by atoms with Gasteiger partial charge in [-0.3, -0.25) is 4.79 Å². The van der Waals surface area contributed by atoms with Crippen molar-refractivity contribution in [1.82, 2.24) is 9.88 Å². The summed E-state index contributed by atoms with van der Waals surface area (Å²) < 4.78 is 15.2. The lowest BCUT2D eigenvalue weighted by molar-refractivity contribution is 0.0947. The molecule has 0 aliphatic heterocycles. The fraction of sp³-hybridized carbons (Fsp3) is 0.250. The number of carbonyl (C=O) groups is 1. The Kier molecular flexibility index (Phi) is 3.10. The SMILES string of the molecule is Cn1c(C(=O)NCCN)cc2cccc(F)c21. The van der Waals surface area contributed by atoms with E-state index in [1.54, 1.807) is 29.8 Å². The molecular formula is C12H14FN3O. The number of aromatic nitrogens is 1. The summed E-state index contributed by atoms with van der Waals surface area (Å²) in [5.41, 5.74) is 6.18. The number of nitrogens with zero attached hydrogens (tertiary/aromatic N) is 1. The molecule has 0 radical (unpaired) electrons. The summed E-state index contributed by atoms with van der Waals surface area (Å²) in [6.07, 6.45) is 0. The number of halogens is 1. The second-order valence-corrected chi connectivity index (χ2v) is 3.81. The van der Waals surface area contributed by atoms with Gasteiger partial charge in [-0.25, -0.2) is 4.39 Å². The first-order valence-electron chi connectivity index (χ1n) is 5.37. The van der Waals surface area contributed by atoms with Crippen molar-refractivity contribution < 1.29 is 9.18 Å². The quantitative estimate of drug-likeness (QED) is 0.834. The Morgan fingerprint density at radius 1 is 1.53 bits per heavy atom. The molecule has 0 unspecified atom stereocenters. The van der Waals surface area contributed by atoms with Crippen LogP contribution >= 0.6 is 0 Å². The lowest BCUT2D eigenvalue weighted by Gasteiger charge is -2.05. The zero-order valence-corrected chi connectivity index (χ0v) is 9.53. The van der Waals surface area contributed by atoms with E-state index in [9.17, 15) is 9.18 Å². The van der Waals surface area contributed by atoms with Crippen molar-refractivity contribution in [3.05, 3.63) is 35.8 Å². The second-order valence-electron chi connectivity index (χ2n) is 3.81. The fourth-order valence-electron chi connectivity index (χ4n) is 1.86. The van der Waals surface area contributed by atoms with E-state index >= 15 is 0 Å². The highest BCUT2D eigenvalue weighted by Crippen LogP contribution is 2.21. The Labute approximate surface area is 98.2 Å². The molecule has 0 saturated heterocycles. The van der Waals surface area contributed by atoms with Crippen molar-refractivity contribution in [2.45, 2.75) is 0 Å². The van der Waals surface area contributed by atoms with E-state index < -0.39 is 0 Å². The second kappa shape index (κ2) is 4.55.